The number of hydrogen-bond donors (Lipinski definition) is 1. The van der Waals surface area contributed by atoms with Gasteiger partial charge in [-0.3, -0.25) is 9.59 Å². The zero-order chi connectivity index (χ0) is 13.6. The molecule has 1 heterocycles. The van der Waals surface area contributed by atoms with Crippen molar-refractivity contribution in [1.29, 1.82) is 0 Å². The maximum Gasteiger partial charge on any atom is 0.311 e. The van der Waals surface area contributed by atoms with E-state index in [0.717, 1.165) is 11.5 Å². The molecular formula is C13H23NO3S. The molecular weight excluding hydrogens is 250 g/mol. The van der Waals surface area contributed by atoms with Crippen molar-refractivity contribution in [3.05, 3.63) is 0 Å². The van der Waals surface area contributed by atoms with E-state index in [1.54, 1.807) is 11.8 Å². The Bertz CT molecular complexity index is 309. The molecule has 0 aliphatic carbocycles. The Morgan fingerprint density at radius 2 is 2.11 bits per heavy atom. The van der Waals surface area contributed by atoms with Gasteiger partial charge < -0.3 is 10.0 Å². The molecule has 0 aromatic heterocycles. The summed E-state index contributed by atoms with van der Waals surface area (Å²) >= 11 is 1.81. The van der Waals surface area contributed by atoms with Crippen molar-refractivity contribution >= 4 is 23.6 Å². The summed E-state index contributed by atoms with van der Waals surface area (Å²) in [6.45, 7) is 4.82. The van der Waals surface area contributed by atoms with Gasteiger partial charge in [-0.05, 0) is 25.5 Å². The zero-order valence-corrected chi connectivity index (χ0v) is 12.1. The summed E-state index contributed by atoms with van der Waals surface area (Å²) in [6.07, 6.45) is 3.48. The maximum atomic E-state index is 11.9. The number of carboxylic acid groups (broad SMARTS) is 1. The predicted octanol–water partition coefficient (Wildman–Crippen LogP) is 2.23. The fourth-order valence-corrected chi connectivity index (χ4v) is 3.03. The molecule has 104 valence electrons. The molecule has 5 heteroatoms. The number of carbonyl (C=O) groups is 2. The van der Waals surface area contributed by atoms with Crippen LogP contribution in [0.15, 0.2) is 0 Å². The number of unbranched alkanes of at least 4 members (excludes halogenated alkanes) is 1. The number of rotatable bonds is 7. The highest BCUT2D eigenvalue weighted by atomic mass is 32.2. The van der Waals surface area contributed by atoms with Crippen molar-refractivity contribution in [2.45, 2.75) is 39.5 Å². The van der Waals surface area contributed by atoms with E-state index in [1.807, 2.05) is 11.8 Å². The second kappa shape index (κ2) is 7.02. The van der Waals surface area contributed by atoms with Crippen molar-refractivity contribution in [3.63, 3.8) is 0 Å². The molecule has 1 fully saturated rings. The van der Waals surface area contributed by atoms with Crippen molar-refractivity contribution < 1.29 is 14.7 Å². The van der Waals surface area contributed by atoms with Gasteiger partial charge in [-0.25, -0.2) is 0 Å². The second-order valence-electron chi connectivity index (χ2n) is 5.15. The summed E-state index contributed by atoms with van der Waals surface area (Å²) < 4.78 is 0. The molecule has 0 spiro atoms. The number of aliphatic carboxylic acids is 1. The SMILES string of the molecule is CCCCSCCC(=O)N1CC[C@](C)(C(=O)O)C1. The summed E-state index contributed by atoms with van der Waals surface area (Å²) in [7, 11) is 0. The monoisotopic (exact) mass is 273 g/mol. The first-order chi connectivity index (χ1) is 8.49. The minimum atomic E-state index is -0.796. The van der Waals surface area contributed by atoms with E-state index in [2.05, 4.69) is 6.92 Å². The molecule has 0 saturated carbocycles. The normalized spacial score (nSPS) is 23.3. The van der Waals surface area contributed by atoms with Crippen LogP contribution in [0, 0.1) is 5.41 Å². The number of thioether (sulfide) groups is 1. The van der Waals surface area contributed by atoms with Crippen LogP contribution in [-0.4, -0.2) is 46.5 Å². The average molecular weight is 273 g/mol. The van der Waals surface area contributed by atoms with E-state index in [9.17, 15) is 9.59 Å². The van der Waals surface area contributed by atoms with Crippen molar-refractivity contribution in [2.75, 3.05) is 24.6 Å². The van der Waals surface area contributed by atoms with Crippen molar-refractivity contribution in [3.8, 4) is 0 Å². The molecule has 0 aromatic carbocycles. The van der Waals surface area contributed by atoms with Gasteiger partial charge in [0.15, 0.2) is 0 Å². The third-order valence-electron chi connectivity index (χ3n) is 3.44. The van der Waals surface area contributed by atoms with E-state index in [0.29, 0.717) is 25.9 Å². The molecule has 1 aliphatic rings. The summed E-state index contributed by atoms with van der Waals surface area (Å²) in [5.41, 5.74) is -0.745. The van der Waals surface area contributed by atoms with Crippen LogP contribution in [0.1, 0.15) is 39.5 Å². The minimum Gasteiger partial charge on any atom is -0.481 e. The van der Waals surface area contributed by atoms with Gasteiger partial charge in [0, 0.05) is 25.3 Å². The average Bonchev–Trinajstić information content (AvgIpc) is 2.73. The van der Waals surface area contributed by atoms with Gasteiger partial charge >= 0.3 is 5.97 Å². The topological polar surface area (TPSA) is 57.6 Å². The first-order valence-electron chi connectivity index (χ1n) is 6.58. The van der Waals surface area contributed by atoms with Crippen molar-refractivity contribution in [2.24, 2.45) is 5.41 Å². The Labute approximate surface area is 113 Å². The lowest BCUT2D eigenvalue weighted by atomic mass is 9.90. The number of nitrogens with zero attached hydrogens (tertiary/aromatic N) is 1. The Hall–Kier alpha value is -0.710. The first kappa shape index (κ1) is 15.3. The van der Waals surface area contributed by atoms with Crippen LogP contribution >= 0.6 is 11.8 Å². The Morgan fingerprint density at radius 1 is 1.39 bits per heavy atom. The Morgan fingerprint density at radius 3 is 2.67 bits per heavy atom. The van der Waals surface area contributed by atoms with Gasteiger partial charge in [0.05, 0.1) is 5.41 Å². The number of amides is 1. The van der Waals surface area contributed by atoms with Crippen LogP contribution in [0.2, 0.25) is 0 Å². The van der Waals surface area contributed by atoms with Crippen LogP contribution in [-0.2, 0) is 9.59 Å². The van der Waals surface area contributed by atoms with E-state index in [4.69, 9.17) is 5.11 Å². The first-order valence-corrected chi connectivity index (χ1v) is 7.74. The lowest BCUT2D eigenvalue weighted by molar-refractivity contribution is -0.147. The highest BCUT2D eigenvalue weighted by Crippen LogP contribution is 2.30. The second-order valence-corrected chi connectivity index (χ2v) is 6.37. The molecule has 0 unspecified atom stereocenters. The lowest BCUT2D eigenvalue weighted by Gasteiger charge is -2.20. The molecule has 1 aliphatic heterocycles. The number of likely N-dealkylation sites (tertiary alicyclic amines) is 1. The van der Waals surface area contributed by atoms with Gasteiger partial charge in [-0.1, -0.05) is 13.3 Å². The fraction of sp³-hybridized carbons (Fsp3) is 0.846. The molecule has 0 aromatic rings. The summed E-state index contributed by atoms with van der Waals surface area (Å²) in [6, 6.07) is 0. The highest BCUT2D eigenvalue weighted by molar-refractivity contribution is 7.99. The molecule has 0 bridgehead atoms. The standard InChI is InChI=1S/C13H23NO3S/c1-3-4-8-18-9-5-11(15)14-7-6-13(2,10-14)12(16)17/h3-10H2,1-2H3,(H,16,17)/t13-/m0/s1. The molecule has 1 N–H and O–H groups in total. The van der Waals surface area contributed by atoms with Crippen LogP contribution in [0.4, 0.5) is 0 Å². The minimum absolute atomic E-state index is 0.101. The smallest absolute Gasteiger partial charge is 0.311 e. The summed E-state index contributed by atoms with van der Waals surface area (Å²) in [5.74, 6) is 1.26. The molecule has 0 radical (unpaired) electrons. The Balaban J connectivity index is 2.26. The van der Waals surface area contributed by atoms with E-state index >= 15 is 0 Å². The summed E-state index contributed by atoms with van der Waals surface area (Å²) in [4.78, 5) is 24.7. The number of carboxylic acids is 1. The van der Waals surface area contributed by atoms with Gasteiger partial charge in [0.25, 0.3) is 0 Å². The van der Waals surface area contributed by atoms with Crippen LogP contribution in [0.5, 0.6) is 0 Å². The van der Waals surface area contributed by atoms with E-state index in [1.165, 1.54) is 12.8 Å². The van der Waals surface area contributed by atoms with Gasteiger partial charge in [-0.15, -0.1) is 0 Å². The number of carbonyl (C=O) groups excluding carboxylic acids is 1. The van der Waals surface area contributed by atoms with Crippen LogP contribution in [0.25, 0.3) is 0 Å². The molecule has 1 rings (SSSR count). The quantitative estimate of drug-likeness (QED) is 0.723. The molecule has 1 atom stereocenters. The van der Waals surface area contributed by atoms with E-state index < -0.39 is 11.4 Å². The van der Waals surface area contributed by atoms with Crippen molar-refractivity contribution in [1.82, 2.24) is 4.90 Å². The third-order valence-corrected chi connectivity index (χ3v) is 4.51. The highest BCUT2D eigenvalue weighted by Gasteiger charge is 2.41. The fourth-order valence-electron chi connectivity index (χ4n) is 2.01. The van der Waals surface area contributed by atoms with Crippen LogP contribution in [0.3, 0.4) is 0 Å². The zero-order valence-electron chi connectivity index (χ0n) is 11.3. The largest absolute Gasteiger partial charge is 0.481 e. The van der Waals surface area contributed by atoms with Crippen LogP contribution < -0.4 is 0 Å². The maximum absolute atomic E-state index is 11.9. The third kappa shape index (κ3) is 4.19. The molecule has 18 heavy (non-hydrogen) atoms. The van der Waals surface area contributed by atoms with E-state index in [-0.39, 0.29) is 5.91 Å². The predicted molar refractivity (Wildman–Crippen MR) is 73.8 cm³/mol. The Kier molecular flexibility index (Phi) is 5.99. The summed E-state index contributed by atoms with van der Waals surface area (Å²) in [5, 5.41) is 9.10. The van der Waals surface area contributed by atoms with Gasteiger partial charge in [-0.2, -0.15) is 11.8 Å². The molecule has 4 nitrogen and oxygen atoms in total. The lowest BCUT2D eigenvalue weighted by Crippen LogP contribution is -2.35. The molecule has 1 saturated heterocycles. The van der Waals surface area contributed by atoms with Gasteiger partial charge in [0.2, 0.25) is 5.91 Å². The number of hydrogen-bond acceptors (Lipinski definition) is 3. The van der Waals surface area contributed by atoms with Gasteiger partial charge in [0.1, 0.15) is 0 Å². The molecule has 1 amide bonds.